The number of pyridine rings is 1. The Hall–Kier alpha value is -3.59. The average molecular weight is 492 g/mol. The third-order valence-corrected chi connectivity index (χ3v) is 7.92. The van der Waals surface area contributed by atoms with Crippen LogP contribution in [-0.2, 0) is 11.2 Å². The molecule has 4 aliphatic rings. The Kier molecular flexibility index (Phi) is 4.95. The van der Waals surface area contributed by atoms with E-state index in [1.807, 2.05) is 18.2 Å². The largest absolute Gasteiger partial charge is 0.486 e. The molecule has 0 aliphatic carbocycles. The molecule has 5 heterocycles. The normalized spacial score (nSPS) is 25.1. The molecule has 2 unspecified atom stereocenters. The molecule has 1 aromatic heterocycles. The fourth-order valence-electron chi connectivity index (χ4n) is 6.18. The molecular formula is C27H26FN3O5. The number of hydrogen-bond acceptors (Lipinski definition) is 6. The van der Waals surface area contributed by atoms with Crippen LogP contribution in [0.4, 0.5) is 14.9 Å². The lowest BCUT2D eigenvalue weighted by Crippen LogP contribution is -2.56. The summed E-state index contributed by atoms with van der Waals surface area (Å²) in [7, 11) is 0. The van der Waals surface area contributed by atoms with Gasteiger partial charge in [0.25, 0.3) is 5.56 Å². The summed E-state index contributed by atoms with van der Waals surface area (Å²) in [6, 6.07) is 11.9. The predicted octanol–water partition coefficient (Wildman–Crippen LogP) is 3.36. The molecule has 0 bridgehead atoms. The van der Waals surface area contributed by atoms with Crippen LogP contribution in [0.3, 0.4) is 0 Å². The van der Waals surface area contributed by atoms with Crippen LogP contribution in [0.25, 0.3) is 10.9 Å². The molecule has 0 radical (unpaired) electrons. The lowest BCUT2D eigenvalue weighted by molar-refractivity contribution is -0.00997. The monoisotopic (exact) mass is 491 g/mol. The molecule has 0 spiro atoms. The molecule has 4 aliphatic heterocycles. The van der Waals surface area contributed by atoms with Gasteiger partial charge < -0.3 is 18.8 Å². The highest BCUT2D eigenvalue weighted by atomic mass is 19.1. The Labute approximate surface area is 206 Å². The van der Waals surface area contributed by atoms with Crippen molar-refractivity contribution < 1.29 is 23.4 Å². The number of ether oxygens (including phenoxy) is 3. The number of nitrogens with zero attached hydrogens (tertiary/aromatic N) is 3. The summed E-state index contributed by atoms with van der Waals surface area (Å²) in [5.74, 6) is 1.27. The van der Waals surface area contributed by atoms with Crippen LogP contribution in [0.15, 0.2) is 47.3 Å². The van der Waals surface area contributed by atoms with Gasteiger partial charge in [-0.15, -0.1) is 0 Å². The van der Waals surface area contributed by atoms with Crippen LogP contribution in [0.5, 0.6) is 11.5 Å². The van der Waals surface area contributed by atoms with E-state index >= 15 is 0 Å². The number of piperidine rings is 1. The van der Waals surface area contributed by atoms with Crippen molar-refractivity contribution in [3.8, 4) is 11.5 Å². The first-order chi connectivity index (χ1) is 17.5. The molecule has 2 aromatic carbocycles. The highest BCUT2D eigenvalue weighted by Crippen LogP contribution is 2.38. The summed E-state index contributed by atoms with van der Waals surface area (Å²) < 4.78 is 33.5. The van der Waals surface area contributed by atoms with Crippen molar-refractivity contribution in [1.29, 1.82) is 0 Å². The summed E-state index contributed by atoms with van der Waals surface area (Å²) in [6.45, 7) is 3.62. The van der Waals surface area contributed by atoms with Crippen LogP contribution in [0.2, 0.25) is 0 Å². The number of likely N-dealkylation sites (tertiary alicyclic amines) is 1. The summed E-state index contributed by atoms with van der Waals surface area (Å²) in [5, 5.41) is 0.882. The lowest BCUT2D eigenvalue weighted by atomic mass is 9.91. The smallest absolute Gasteiger partial charge is 0.414 e. The van der Waals surface area contributed by atoms with Gasteiger partial charge in [0.2, 0.25) is 0 Å². The first-order valence-electron chi connectivity index (χ1n) is 12.5. The van der Waals surface area contributed by atoms with Gasteiger partial charge >= 0.3 is 6.09 Å². The molecule has 1 amide bonds. The summed E-state index contributed by atoms with van der Waals surface area (Å²) in [4.78, 5) is 29.6. The van der Waals surface area contributed by atoms with E-state index in [2.05, 4.69) is 4.90 Å². The minimum Gasteiger partial charge on any atom is -0.486 e. The Morgan fingerprint density at radius 3 is 2.69 bits per heavy atom. The molecule has 9 heteroatoms. The maximum Gasteiger partial charge on any atom is 0.414 e. The van der Waals surface area contributed by atoms with Gasteiger partial charge in [-0.3, -0.25) is 14.6 Å². The minimum atomic E-state index is -0.369. The van der Waals surface area contributed by atoms with Crippen molar-refractivity contribution in [2.45, 2.75) is 25.0 Å². The summed E-state index contributed by atoms with van der Waals surface area (Å²) in [6.07, 6.45) is 0.774. The standard InChI is InChI=1S/C27H26FN3O5/c28-21-4-1-16-2-6-25(32)31-19(11-20(21)26(16)31)14-29-8-7-17-13-30(27(33)36-24(17)15-29)18-3-5-22-23(12-18)35-10-9-34-22/h1-6,12,17,19,24H,7-11,13-15H2/t17?,19-,24?/m1/s1. The van der Waals surface area contributed by atoms with Crippen molar-refractivity contribution in [2.75, 3.05) is 44.3 Å². The fraction of sp³-hybridized carbons (Fsp3) is 0.407. The fourth-order valence-corrected chi connectivity index (χ4v) is 6.18. The zero-order valence-electron chi connectivity index (χ0n) is 19.7. The number of carbonyl (C=O) groups excluding carboxylic acids is 1. The lowest BCUT2D eigenvalue weighted by Gasteiger charge is -2.44. The molecule has 2 saturated heterocycles. The van der Waals surface area contributed by atoms with E-state index in [1.165, 1.54) is 6.07 Å². The van der Waals surface area contributed by atoms with E-state index in [0.717, 1.165) is 24.0 Å². The van der Waals surface area contributed by atoms with Crippen LogP contribution in [0.1, 0.15) is 18.0 Å². The predicted molar refractivity (Wildman–Crippen MR) is 131 cm³/mol. The molecule has 3 atom stereocenters. The Bertz CT molecular complexity index is 1440. The quantitative estimate of drug-likeness (QED) is 0.560. The van der Waals surface area contributed by atoms with Gasteiger partial charge in [0.1, 0.15) is 25.1 Å². The van der Waals surface area contributed by atoms with Crippen molar-refractivity contribution >= 4 is 22.7 Å². The van der Waals surface area contributed by atoms with Gasteiger partial charge in [0, 0.05) is 43.2 Å². The molecule has 8 nitrogen and oxygen atoms in total. The van der Waals surface area contributed by atoms with E-state index in [4.69, 9.17) is 14.2 Å². The van der Waals surface area contributed by atoms with E-state index in [0.29, 0.717) is 61.8 Å². The van der Waals surface area contributed by atoms with Gasteiger partial charge in [-0.2, -0.15) is 0 Å². The topological polar surface area (TPSA) is 73.2 Å². The maximum absolute atomic E-state index is 14.6. The number of anilines is 1. The van der Waals surface area contributed by atoms with Crippen LogP contribution in [0, 0.1) is 11.7 Å². The SMILES string of the molecule is O=C1OC2CN(C[C@H]3Cc4c(F)ccc5ccc(=O)n3c45)CCC2CN1c1ccc2c(c1)OCCO2. The first-order valence-corrected chi connectivity index (χ1v) is 12.5. The Morgan fingerprint density at radius 2 is 1.81 bits per heavy atom. The van der Waals surface area contributed by atoms with Crippen LogP contribution in [-0.4, -0.2) is 61.1 Å². The molecule has 0 saturated carbocycles. The van der Waals surface area contributed by atoms with Crippen molar-refractivity contribution in [3.05, 3.63) is 64.2 Å². The van der Waals surface area contributed by atoms with Crippen molar-refractivity contribution in [2.24, 2.45) is 5.92 Å². The summed E-state index contributed by atoms with van der Waals surface area (Å²) >= 11 is 0. The maximum atomic E-state index is 14.6. The van der Waals surface area contributed by atoms with Crippen LogP contribution >= 0.6 is 0 Å². The number of aromatic nitrogens is 1. The highest BCUT2D eigenvalue weighted by molar-refractivity contribution is 5.89. The summed E-state index contributed by atoms with van der Waals surface area (Å²) in [5.41, 5.74) is 1.96. The zero-order chi connectivity index (χ0) is 24.4. The number of benzene rings is 2. The third-order valence-electron chi connectivity index (χ3n) is 7.92. The Balaban J connectivity index is 1.06. The van der Waals surface area contributed by atoms with E-state index in [1.54, 1.807) is 27.7 Å². The minimum absolute atomic E-state index is 0.106. The molecule has 2 fully saturated rings. The number of fused-ring (bicyclic) bond motifs is 2. The number of amides is 1. The second kappa shape index (κ2) is 8.23. The highest BCUT2D eigenvalue weighted by Gasteiger charge is 2.41. The van der Waals surface area contributed by atoms with E-state index < -0.39 is 0 Å². The average Bonchev–Trinajstić information content (AvgIpc) is 3.28. The molecular weight excluding hydrogens is 465 g/mol. The molecule has 7 rings (SSSR count). The van der Waals surface area contributed by atoms with Gasteiger partial charge in [-0.1, -0.05) is 0 Å². The number of hydrogen-bond donors (Lipinski definition) is 0. The zero-order valence-corrected chi connectivity index (χ0v) is 19.7. The molecule has 3 aromatic rings. The van der Waals surface area contributed by atoms with Gasteiger partial charge in [-0.25, -0.2) is 9.18 Å². The third kappa shape index (κ3) is 3.44. The van der Waals surface area contributed by atoms with Crippen LogP contribution < -0.4 is 19.9 Å². The number of rotatable bonds is 3. The molecule has 0 N–H and O–H groups in total. The van der Waals surface area contributed by atoms with E-state index in [9.17, 15) is 14.0 Å². The van der Waals surface area contributed by atoms with Crippen molar-refractivity contribution in [1.82, 2.24) is 9.47 Å². The second-order valence-corrected chi connectivity index (χ2v) is 10.0. The number of halogens is 1. The molecule has 36 heavy (non-hydrogen) atoms. The van der Waals surface area contributed by atoms with Gasteiger partial charge in [0.05, 0.1) is 17.2 Å². The molecule has 186 valence electrons. The first kappa shape index (κ1) is 21.7. The van der Waals surface area contributed by atoms with Gasteiger partial charge in [0.15, 0.2) is 11.5 Å². The second-order valence-electron chi connectivity index (χ2n) is 10.0. The van der Waals surface area contributed by atoms with Crippen molar-refractivity contribution in [3.63, 3.8) is 0 Å². The number of carbonyl (C=O) groups is 1. The van der Waals surface area contributed by atoms with E-state index in [-0.39, 0.29) is 35.5 Å². The Morgan fingerprint density at radius 1 is 0.972 bits per heavy atom. The van der Waals surface area contributed by atoms with Gasteiger partial charge in [-0.05, 0) is 55.1 Å².